The molecule has 2 amide bonds. The molecule has 1 fully saturated rings. The van der Waals surface area contributed by atoms with E-state index in [9.17, 15) is 9.59 Å². The molecule has 1 atom stereocenters. The first-order valence-electron chi connectivity index (χ1n) is 8.56. The molecule has 0 aliphatic carbocycles. The predicted molar refractivity (Wildman–Crippen MR) is 102 cm³/mol. The van der Waals surface area contributed by atoms with Gasteiger partial charge in [0.25, 0.3) is 0 Å². The zero-order valence-corrected chi connectivity index (χ0v) is 15.3. The highest BCUT2D eigenvalue weighted by atomic mass is 35.5. The number of anilines is 1. The van der Waals surface area contributed by atoms with Crippen LogP contribution in [0.3, 0.4) is 0 Å². The summed E-state index contributed by atoms with van der Waals surface area (Å²) in [6.45, 7) is 3.12. The van der Waals surface area contributed by atoms with Crippen molar-refractivity contribution in [2.24, 2.45) is 5.92 Å². The third-order valence-electron chi connectivity index (χ3n) is 4.31. The molecule has 0 bridgehead atoms. The van der Waals surface area contributed by atoms with Crippen LogP contribution >= 0.6 is 11.6 Å². The lowest BCUT2D eigenvalue weighted by Crippen LogP contribution is -2.35. The van der Waals surface area contributed by atoms with Gasteiger partial charge in [0.2, 0.25) is 11.8 Å². The Bertz CT molecular complexity index is 792. The van der Waals surface area contributed by atoms with Crippen molar-refractivity contribution in [3.05, 3.63) is 59.1 Å². The number of aryl methyl sites for hydroxylation is 1. The molecule has 5 nitrogen and oxygen atoms in total. The van der Waals surface area contributed by atoms with Gasteiger partial charge in [-0.05, 0) is 37.3 Å². The van der Waals surface area contributed by atoms with Gasteiger partial charge in [-0.25, -0.2) is 0 Å². The van der Waals surface area contributed by atoms with E-state index in [1.807, 2.05) is 37.3 Å². The van der Waals surface area contributed by atoms with E-state index in [1.54, 1.807) is 23.1 Å². The highest BCUT2D eigenvalue weighted by Gasteiger charge is 2.34. The number of hydrogen-bond donors (Lipinski definition) is 1. The van der Waals surface area contributed by atoms with Crippen LogP contribution in [0.25, 0.3) is 0 Å². The fourth-order valence-electron chi connectivity index (χ4n) is 2.90. The maximum atomic E-state index is 12.3. The lowest BCUT2D eigenvalue weighted by atomic mass is 10.1. The zero-order chi connectivity index (χ0) is 18.5. The van der Waals surface area contributed by atoms with Gasteiger partial charge in [0, 0.05) is 23.7 Å². The molecule has 0 saturated carbocycles. The SMILES string of the molecule is Cc1ccc(N2C[C@H](C(=O)NCCOc3cccc(Cl)c3)CC2=O)cc1. The number of carbonyl (C=O) groups is 2. The van der Waals surface area contributed by atoms with E-state index in [-0.39, 0.29) is 24.2 Å². The normalized spacial score (nSPS) is 16.6. The van der Waals surface area contributed by atoms with E-state index in [4.69, 9.17) is 16.3 Å². The van der Waals surface area contributed by atoms with Gasteiger partial charge in [-0.1, -0.05) is 35.4 Å². The van der Waals surface area contributed by atoms with E-state index in [0.29, 0.717) is 30.5 Å². The van der Waals surface area contributed by atoms with Crippen molar-refractivity contribution >= 4 is 29.1 Å². The number of amides is 2. The molecule has 1 saturated heterocycles. The van der Waals surface area contributed by atoms with Crippen molar-refractivity contribution in [1.82, 2.24) is 5.32 Å². The van der Waals surface area contributed by atoms with Crippen LogP contribution in [-0.4, -0.2) is 31.5 Å². The summed E-state index contributed by atoms with van der Waals surface area (Å²) >= 11 is 5.89. The number of hydrogen-bond acceptors (Lipinski definition) is 3. The van der Waals surface area contributed by atoms with Crippen molar-refractivity contribution in [2.45, 2.75) is 13.3 Å². The van der Waals surface area contributed by atoms with Gasteiger partial charge in [0.05, 0.1) is 12.5 Å². The molecule has 0 unspecified atom stereocenters. The van der Waals surface area contributed by atoms with Crippen molar-refractivity contribution in [3.63, 3.8) is 0 Å². The van der Waals surface area contributed by atoms with Crippen LogP contribution in [0.4, 0.5) is 5.69 Å². The van der Waals surface area contributed by atoms with Crippen LogP contribution in [0.2, 0.25) is 5.02 Å². The van der Waals surface area contributed by atoms with Crippen molar-refractivity contribution in [1.29, 1.82) is 0 Å². The first-order chi connectivity index (χ1) is 12.5. The second-order valence-electron chi connectivity index (χ2n) is 6.34. The number of nitrogens with zero attached hydrogens (tertiary/aromatic N) is 1. The average Bonchev–Trinajstić information content (AvgIpc) is 3.01. The molecule has 3 rings (SSSR count). The summed E-state index contributed by atoms with van der Waals surface area (Å²) in [7, 11) is 0. The Morgan fingerprint density at radius 2 is 2.04 bits per heavy atom. The molecule has 0 spiro atoms. The van der Waals surface area contributed by atoms with Crippen LogP contribution in [0.1, 0.15) is 12.0 Å². The number of rotatable bonds is 6. The third kappa shape index (κ3) is 4.55. The molecular formula is C20H21ClN2O3. The smallest absolute Gasteiger partial charge is 0.227 e. The quantitative estimate of drug-likeness (QED) is 0.792. The molecular weight excluding hydrogens is 352 g/mol. The Labute approximate surface area is 157 Å². The van der Waals surface area contributed by atoms with E-state index < -0.39 is 0 Å². The summed E-state index contributed by atoms with van der Waals surface area (Å²) in [5, 5.41) is 3.44. The summed E-state index contributed by atoms with van der Waals surface area (Å²) in [6.07, 6.45) is 0.231. The Morgan fingerprint density at radius 3 is 2.77 bits per heavy atom. The molecule has 26 heavy (non-hydrogen) atoms. The van der Waals surface area contributed by atoms with Gasteiger partial charge in [-0.15, -0.1) is 0 Å². The van der Waals surface area contributed by atoms with Crippen molar-refractivity contribution in [2.75, 3.05) is 24.6 Å². The standard InChI is InChI=1S/C20H21ClN2O3/c1-14-5-7-17(8-6-14)23-13-15(11-19(23)24)20(25)22-9-10-26-18-4-2-3-16(21)12-18/h2-8,12,15H,9-11,13H2,1H3,(H,22,25)/t15-/m1/s1. The summed E-state index contributed by atoms with van der Waals surface area (Å²) in [5.41, 5.74) is 1.97. The summed E-state index contributed by atoms with van der Waals surface area (Å²) < 4.78 is 5.55. The fraction of sp³-hybridized carbons (Fsp3) is 0.300. The highest BCUT2D eigenvalue weighted by Crippen LogP contribution is 2.25. The Hall–Kier alpha value is -2.53. The molecule has 136 valence electrons. The van der Waals surface area contributed by atoms with E-state index in [0.717, 1.165) is 11.3 Å². The fourth-order valence-corrected chi connectivity index (χ4v) is 3.08. The molecule has 0 radical (unpaired) electrons. The minimum Gasteiger partial charge on any atom is -0.492 e. The van der Waals surface area contributed by atoms with Crippen LogP contribution in [-0.2, 0) is 9.59 Å². The van der Waals surface area contributed by atoms with Gasteiger partial charge in [0.1, 0.15) is 12.4 Å². The van der Waals surface area contributed by atoms with Gasteiger partial charge >= 0.3 is 0 Å². The van der Waals surface area contributed by atoms with Gasteiger partial charge in [0.15, 0.2) is 0 Å². The molecule has 1 heterocycles. The van der Waals surface area contributed by atoms with E-state index in [1.165, 1.54) is 0 Å². The number of carbonyl (C=O) groups excluding carboxylic acids is 2. The predicted octanol–water partition coefficient (Wildman–Crippen LogP) is 3.20. The Kier molecular flexibility index (Phi) is 5.78. The zero-order valence-electron chi connectivity index (χ0n) is 14.6. The lowest BCUT2D eigenvalue weighted by Gasteiger charge is -2.17. The monoisotopic (exact) mass is 372 g/mol. The minimum atomic E-state index is -0.338. The van der Waals surface area contributed by atoms with Gasteiger partial charge in [-0.2, -0.15) is 0 Å². The maximum absolute atomic E-state index is 12.3. The molecule has 6 heteroatoms. The first-order valence-corrected chi connectivity index (χ1v) is 8.94. The second-order valence-corrected chi connectivity index (χ2v) is 6.77. The third-order valence-corrected chi connectivity index (χ3v) is 4.54. The second kappa shape index (κ2) is 8.23. The summed E-state index contributed by atoms with van der Waals surface area (Å²) in [5.74, 6) is 0.176. The topological polar surface area (TPSA) is 58.6 Å². The molecule has 0 aromatic heterocycles. The summed E-state index contributed by atoms with van der Waals surface area (Å²) in [6, 6.07) is 14.8. The molecule has 1 N–H and O–H groups in total. The van der Waals surface area contributed by atoms with Crippen LogP contribution in [0, 0.1) is 12.8 Å². The average molecular weight is 373 g/mol. The van der Waals surface area contributed by atoms with Crippen LogP contribution in [0.5, 0.6) is 5.75 Å². The molecule has 2 aromatic carbocycles. The maximum Gasteiger partial charge on any atom is 0.227 e. The lowest BCUT2D eigenvalue weighted by molar-refractivity contribution is -0.126. The summed E-state index contributed by atoms with van der Waals surface area (Å²) in [4.78, 5) is 26.2. The van der Waals surface area contributed by atoms with Crippen molar-refractivity contribution in [3.8, 4) is 5.75 Å². The van der Waals surface area contributed by atoms with Gasteiger partial charge < -0.3 is 15.0 Å². The van der Waals surface area contributed by atoms with E-state index >= 15 is 0 Å². The molecule has 1 aliphatic rings. The number of halogens is 1. The highest BCUT2D eigenvalue weighted by molar-refractivity contribution is 6.30. The molecule has 1 aliphatic heterocycles. The number of ether oxygens (including phenoxy) is 1. The van der Waals surface area contributed by atoms with Gasteiger partial charge in [-0.3, -0.25) is 9.59 Å². The van der Waals surface area contributed by atoms with Crippen LogP contribution in [0.15, 0.2) is 48.5 Å². The molecule has 2 aromatic rings. The van der Waals surface area contributed by atoms with Crippen LogP contribution < -0.4 is 15.0 Å². The Balaban J connectivity index is 1.46. The Morgan fingerprint density at radius 1 is 1.27 bits per heavy atom. The minimum absolute atomic E-state index is 0.0239. The first kappa shape index (κ1) is 18.3. The number of benzene rings is 2. The largest absolute Gasteiger partial charge is 0.492 e. The van der Waals surface area contributed by atoms with E-state index in [2.05, 4.69) is 5.32 Å². The number of nitrogens with one attached hydrogen (secondary N) is 1. The van der Waals surface area contributed by atoms with Crippen molar-refractivity contribution < 1.29 is 14.3 Å².